The number of rotatable bonds is 12. The van der Waals surface area contributed by atoms with E-state index in [-0.39, 0.29) is 47.7 Å². The zero-order chi connectivity index (χ0) is 36.0. The topological polar surface area (TPSA) is 134 Å². The van der Waals surface area contributed by atoms with E-state index < -0.39 is 42.0 Å². The first-order valence-corrected chi connectivity index (χ1v) is 16.3. The van der Waals surface area contributed by atoms with Crippen molar-refractivity contribution in [3.05, 3.63) is 77.3 Å². The lowest BCUT2D eigenvalue weighted by atomic mass is 9.75. The van der Waals surface area contributed by atoms with Gasteiger partial charge in [-0.2, -0.15) is 32.4 Å². The van der Waals surface area contributed by atoms with Gasteiger partial charge in [-0.05, 0) is 59.4 Å². The van der Waals surface area contributed by atoms with Crippen LogP contribution in [0.1, 0.15) is 76.7 Å². The zero-order valence-electron chi connectivity index (χ0n) is 27.4. The molecule has 2 atom stereocenters. The van der Waals surface area contributed by atoms with Crippen LogP contribution in [-0.4, -0.2) is 53.9 Å². The number of ether oxygens (including phenoxy) is 1. The lowest BCUT2D eigenvalue weighted by molar-refractivity contribution is -0.148. The van der Waals surface area contributed by atoms with Crippen LogP contribution in [0.2, 0.25) is 5.02 Å². The average molecular weight is 715 g/mol. The van der Waals surface area contributed by atoms with Crippen LogP contribution in [0.3, 0.4) is 0 Å². The molecule has 1 aliphatic carbocycles. The number of alkyl halides is 4. The van der Waals surface area contributed by atoms with Crippen molar-refractivity contribution >= 4 is 29.4 Å². The number of aromatic nitrogens is 5. The Morgan fingerprint density at radius 3 is 2.40 bits per heavy atom. The van der Waals surface area contributed by atoms with E-state index in [1.54, 1.807) is 30.3 Å². The smallest absolute Gasteiger partial charge is 0.335 e. The van der Waals surface area contributed by atoms with Crippen molar-refractivity contribution in [1.82, 2.24) is 29.4 Å². The fourth-order valence-corrected chi connectivity index (χ4v) is 6.42. The molecule has 2 aromatic carbocycles. The van der Waals surface area contributed by atoms with E-state index in [2.05, 4.69) is 15.2 Å². The molecule has 2 N–H and O–H groups in total. The molecule has 0 bridgehead atoms. The third kappa shape index (κ3) is 7.09. The molecule has 6 rings (SSSR count). The van der Waals surface area contributed by atoms with Crippen LogP contribution >= 0.6 is 11.6 Å². The van der Waals surface area contributed by atoms with Crippen LogP contribution in [-0.2, 0) is 19.9 Å². The Labute approximate surface area is 290 Å². The largest absolute Gasteiger partial charge is 0.463 e. The number of nitrogens with two attached hydrogens (primary N) is 1. The molecule has 0 spiro atoms. The molecular formula is C34H35ClF4N8O3. The van der Waals surface area contributed by atoms with Gasteiger partial charge in [-0.3, -0.25) is 14.5 Å². The number of hydrogen-bond donors (Lipinski definition) is 1. The van der Waals surface area contributed by atoms with E-state index in [1.807, 2.05) is 20.8 Å². The predicted molar refractivity (Wildman–Crippen MR) is 176 cm³/mol. The number of nitrogens with zero attached hydrogens (tertiary/aromatic N) is 7. The van der Waals surface area contributed by atoms with Gasteiger partial charge < -0.3 is 10.5 Å². The van der Waals surface area contributed by atoms with Crippen molar-refractivity contribution in [1.29, 1.82) is 0 Å². The molecule has 0 saturated heterocycles. The molecule has 3 heterocycles. The molecule has 16 heteroatoms. The van der Waals surface area contributed by atoms with Crippen molar-refractivity contribution in [2.45, 2.75) is 71.1 Å². The van der Waals surface area contributed by atoms with Crippen LogP contribution in [0, 0.1) is 11.3 Å². The van der Waals surface area contributed by atoms with Crippen molar-refractivity contribution in [2.75, 3.05) is 6.61 Å². The minimum atomic E-state index is -3.00. The second-order valence-electron chi connectivity index (χ2n) is 13.7. The summed E-state index contributed by atoms with van der Waals surface area (Å²) in [6, 6.07) is 10.3. The third-order valence-corrected chi connectivity index (χ3v) is 8.98. The highest BCUT2D eigenvalue weighted by Crippen LogP contribution is 2.46. The highest BCUT2D eigenvalue weighted by atomic mass is 35.5. The Kier molecular flexibility index (Phi) is 9.46. The summed E-state index contributed by atoms with van der Waals surface area (Å²) in [6.45, 7) is -0.256. The van der Waals surface area contributed by atoms with E-state index in [0.29, 0.717) is 31.6 Å². The maximum absolute atomic E-state index is 14.9. The maximum Gasteiger partial charge on any atom is 0.335 e. The molecule has 2 aromatic heterocycles. The zero-order valence-corrected chi connectivity index (χ0v) is 28.2. The number of carbonyl (C=O) groups is 2. The summed E-state index contributed by atoms with van der Waals surface area (Å²) < 4.78 is 60.6. The molecule has 4 aromatic rings. The van der Waals surface area contributed by atoms with E-state index in [4.69, 9.17) is 27.1 Å². The second-order valence-corrected chi connectivity index (χ2v) is 14.1. The summed E-state index contributed by atoms with van der Waals surface area (Å²) in [4.78, 5) is 37.7. The fourth-order valence-electron chi connectivity index (χ4n) is 6.22. The predicted octanol–water partition coefficient (Wildman–Crippen LogP) is 7.13. The van der Waals surface area contributed by atoms with Gasteiger partial charge in [-0.1, -0.05) is 62.7 Å². The molecule has 2 aliphatic rings. The molecule has 1 amide bonds. The number of guanidine groups is 1. The Morgan fingerprint density at radius 1 is 1.06 bits per heavy atom. The van der Waals surface area contributed by atoms with Crippen LogP contribution < -0.4 is 5.73 Å². The lowest BCUT2D eigenvalue weighted by Crippen LogP contribution is -2.47. The van der Waals surface area contributed by atoms with Gasteiger partial charge >= 0.3 is 19.1 Å². The van der Waals surface area contributed by atoms with Gasteiger partial charge in [-0.25, -0.2) is 14.7 Å². The Morgan fingerprint density at radius 2 is 1.78 bits per heavy atom. The normalized spacial score (nSPS) is 18.6. The second kappa shape index (κ2) is 13.5. The molecule has 264 valence electrons. The minimum absolute atomic E-state index is 0.101. The quantitative estimate of drug-likeness (QED) is 0.122. The number of aliphatic imine (C=N–C) groups is 1. The molecule has 1 aliphatic heterocycles. The maximum atomic E-state index is 14.9. The summed E-state index contributed by atoms with van der Waals surface area (Å²) >= 11 is 6.47. The molecule has 50 heavy (non-hydrogen) atoms. The van der Waals surface area contributed by atoms with Crippen LogP contribution in [0.5, 0.6) is 0 Å². The Bertz CT molecular complexity index is 1920. The molecular weight excluding hydrogens is 680 g/mol. The van der Waals surface area contributed by atoms with Crippen LogP contribution in [0.15, 0.2) is 66.2 Å². The number of carbonyl (C=O) groups excluding carboxylic acids is 2. The van der Waals surface area contributed by atoms with Crippen LogP contribution in [0.25, 0.3) is 22.5 Å². The van der Waals surface area contributed by atoms with Crippen molar-refractivity contribution in [3.63, 3.8) is 0 Å². The average Bonchev–Trinajstić information content (AvgIpc) is 3.42. The van der Waals surface area contributed by atoms with Gasteiger partial charge in [0, 0.05) is 23.7 Å². The summed E-state index contributed by atoms with van der Waals surface area (Å²) in [5, 5.41) is 7.41. The van der Waals surface area contributed by atoms with Gasteiger partial charge in [0.05, 0.1) is 17.3 Å². The minimum Gasteiger partial charge on any atom is -0.463 e. The van der Waals surface area contributed by atoms with Crippen LogP contribution in [0.4, 0.5) is 17.6 Å². The van der Waals surface area contributed by atoms with Gasteiger partial charge in [0.15, 0.2) is 17.3 Å². The van der Waals surface area contributed by atoms with Gasteiger partial charge in [0.25, 0.3) is 5.91 Å². The highest BCUT2D eigenvalue weighted by molar-refractivity contribution is 6.33. The van der Waals surface area contributed by atoms with Gasteiger partial charge in [0.2, 0.25) is 0 Å². The molecule has 0 radical (unpaired) electrons. The fraction of sp³-hybridized carbons (Fsp3) is 0.412. The molecule has 11 nitrogen and oxygen atoms in total. The van der Waals surface area contributed by atoms with E-state index in [9.17, 15) is 27.2 Å². The summed E-state index contributed by atoms with van der Waals surface area (Å²) in [5.74, 6) is -1.04. The summed E-state index contributed by atoms with van der Waals surface area (Å²) in [6.07, 6.45) is 5.83. The number of halogens is 5. The monoisotopic (exact) mass is 714 g/mol. The number of amides is 1. The first-order chi connectivity index (χ1) is 23.7. The van der Waals surface area contributed by atoms with Gasteiger partial charge in [-0.15, -0.1) is 0 Å². The first kappa shape index (κ1) is 35.1. The molecule has 0 unspecified atom stereocenters. The van der Waals surface area contributed by atoms with Gasteiger partial charge in [0.1, 0.15) is 12.9 Å². The SMILES string of the molecule is CC(C)(C)C[C@]1(c2ccc(-c3cnn(C(F)F)c3)cc2)N=C(N)N([C@H](COC(=O)CC2CC2)c2ccc(Cl)c(-c3ncnn3C(F)F)c2)C1=O. The van der Waals surface area contributed by atoms with E-state index in [0.717, 1.165) is 19.2 Å². The van der Waals surface area contributed by atoms with E-state index >= 15 is 0 Å². The Hall–Kier alpha value is -4.79. The number of hydrogen-bond acceptors (Lipinski definition) is 8. The number of esters is 1. The summed E-state index contributed by atoms with van der Waals surface area (Å²) in [7, 11) is 0. The molecule has 1 fully saturated rings. The summed E-state index contributed by atoms with van der Waals surface area (Å²) in [5.41, 5.74) is 6.66. The van der Waals surface area contributed by atoms with Crippen molar-refractivity contribution < 1.29 is 31.9 Å². The number of benzene rings is 2. The first-order valence-electron chi connectivity index (χ1n) is 15.9. The third-order valence-electron chi connectivity index (χ3n) is 8.65. The van der Waals surface area contributed by atoms with E-state index in [1.165, 1.54) is 29.4 Å². The standard InChI is InChI=1S/C34H35ClF4N8O3/c1-33(2,3)17-34(23-9-6-20(7-10-23)22-14-42-45(15-22)30(36)37)29(49)46(32(40)44-34)26(16-50-27(48)12-19-4-5-19)21-8-11-25(35)24(13-21)28-41-18-43-47(28)31(38)39/h6-11,13-15,18-19,26,30-31H,4-5,12,16-17H2,1-3H3,(H2,40,44)/t26-,34-/m1/s1. The highest BCUT2D eigenvalue weighted by Gasteiger charge is 2.53. The Balaban J connectivity index is 1.40. The lowest BCUT2D eigenvalue weighted by Gasteiger charge is -2.35. The van der Waals surface area contributed by atoms with Crippen molar-refractivity contribution in [2.24, 2.45) is 22.1 Å². The van der Waals surface area contributed by atoms with Crippen molar-refractivity contribution in [3.8, 4) is 22.5 Å². The molecule has 1 saturated carbocycles.